The molecule has 0 aromatic rings. The molecule has 96 valence electrons. The topological polar surface area (TPSA) is 0 Å². The molecule has 0 aromatic heterocycles. The fraction of sp³-hybridized carbons (Fsp3) is 0.800. The summed E-state index contributed by atoms with van der Waals surface area (Å²) in [6.07, 6.45) is 5.19. The van der Waals surface area contributed by atoms with Crippen molar-refractivity contribution < 1.29 is 0 Å². The SMILES string of the molecule is C=C(C)C1CC2(C)C(C)CCCC2C(=S)C1S. The van der Waals surface area contributed by atoms with Crippen molar-refractivity contribution in [1.29, 1.82) is 0 Å². The Hall–Kier alpha value is 0.180. The minimum absolute atomic E-state index is 0.255. The Bertz CT molecular complexity index is 347. The Morgan fingerprint density at radius 2 is 2.12 bits per heavy atom. The zero-order chi connectivity index (χ0) is 12.8. The molecule has 2 heteroatoms. The van der Waals surface area contributed by atoms with Gasteiger partial charge in [0.05, 0.1) is 0 Å². The van der Waals surface area contributed by atoms with E-state index < -0.39 is 0 Å². The van der Waals surface area contributed by atoms with Crippen molar-refractivity contribution in [3.05, 3.63) is 12.2 Å². The summed E-state index contributed by atoms with van der Waals surface area (Å²) in [6.45, 7) is 11.1. The second-order valence-electron chi connectivity index (χ2n) is 6.39. The van der Waals surface area contributed by atoms with E-state index in [0.29, 0.717) is 17.3 Å². The molecule has 0 heterocycles. The number of thiocarbonyl (C=S) groups is 1. The summed E-state index contributed by atoms with van der Waals surface area (Å²) in [5.74, 6) is 1.87. The number of allylic oxidation sites excluding steroid dienone is 1. The van der Waals surface area contributed by atoms with Crippen molar-refractivity contribution in [1.82, 2.24) is 0 Å². The highest BCUT2D eigenvalue weighted by atomic mass is 32.1. The average Bonchev–Trinajstić information content (AvgIpc) is 2.26. The quantitative estimate of drug-likeness (QED) is 0.409. The zero-order valence-corrected chi connectivity index (χ0v) is 12.9. The Labute approximate surface area is 117 Å². The minimum atomic E-state index is 0.255. The van der Waals surface area contributed by atoms with Gasteiger partial charge in [-0.2, -0.15) is 12.6 Å². The molecule has 0 spiro atoms. The van der Waals surface area contributed by atoms with Crippen LogP contribution < -0.4 is 0 Å². The van der Waals surface area contributed by atoms with Gasteiger partial charge in [0.1, 0.15) is 0 Å². The van der Waals surface area contributed by atoms with Crippen molar-refractivity contribution >= 4 is 29.7 Å². The molecule has 17 heavy (non-hydrogen) atoms. The van der Waals surface area contributed by atoms with Crippen LogP contribution in [0.4, 0.5) is 0 Å². The summed E-state index contributed by atoms with van der Waals surface area (Å²) in [4.78, 5) is 1.21. The first-order valence-corrected chi connectivity index (χ1v) is 7.67. The van der Waals surface area contributed by atoms with Crippen molar-refractivity contribution in [3.63, 3.8) is 0 Å². The smallest absolute Gasteiger partial charge is 0.0399 e. The standard InChI is InChI=1S/C15H24S2/c1-9(2)11-8-15(4)10(3)6-5-7-12(15)14(17)13(11)16/h10-13,16H,1,5-8H2,2-4H3. The van der Waals surface area contributed by atoms with E-state index >= 15 is 0 Å². The Morgan fingerprint density at radius 3 is 2.71 bits per heavy atom. The molecule has 0 aromatic carbocycles. The van der Waals surface area contributed by atoms with Crippen LogP contribution in [0.15, 0.2) is 12.2 Å². The van der Waals surface area contributed by atoms with Crippen LogP contribution in [0.25, 0.3) is 0 Å². The normalized spacial score (nSPS) is 46.5. The largest absolute Gasteiger partial charge is 0.170 e. The van der Waals surface area contributed by atoms with Crippen LogP contribution in [0.3, 0.4) is 0 Å². The third-order valence-electron chi connectivity index (χ3n) is 5.36. The molecule has 5 atom stereocenters. The van der Waals surface area contributed by atoms with Gasteiger partial charge in [-0.25, -0.2) is 0 Å². The van der Waals surface area contributed by atoms with Gasteiger partial charge in [0, 0.05) is 10.1 Å². The van der Waals surface area contributed by atoms with Crippen molar-refractivity contribution in [2.24, 2.45) is 23.2 Å². The van der Waals surface area contributed by atoms with Gasteiger partial charge >= 0.3 is 0 Å². The molecule has 0 bridgehead atoms. The maximum atomic E-state index is 5.73. The summed E-state index contributed by atoms with van der Waals surface area (Å²) >= 11 is 10.5. The molecule has 2 aliphatic rings. The second kappa shape index (κ2) is 4.70. The fourth-order valence-corrected chi connectivity index (χ4v) is 4.97. The molecule has 0 saturated heterocycles. The third-order valence-corrected chi connectivity index (χ3v) is 6.71. The van der Waals surface area contributed by atoms with Gasteiger partial charge in [0.15, 0.2) is 0 Å². The van der Waals surface area contributed by atoms with E-state index in [-0.39, 0.29) is 5.25 Å². The third kappa shape index (κ3) is 2.12. The first-order valence-electron chi connectivity index (χ1n) is 6.75. The van der Waals surface area contributed by atoms with Gasteiger partial charge in [-0.05, 0) is 42.9 Å². The zero-order valence-electron chi connectivity index (χ0n) is 11.2. The maximum absolute atomic E-state index is 5.73. The van der Waals surface area contributed by atoms with Crippen LogP contribution in [0.2, 0.25) is 0 Å². The summed E-state index contributed by atoms with van der Waals surface area (Å²) in [5, 5.41) is 0.255. The van der Waals surface area contributed by atoms with Gasteiger partial charge < -0.3 is 0 Å². The fourth-order valence-electron chi connectivity index (χ4n) is 3.88. The average molecular weight is 268 g/mol. The van der Waals surface area contributed by atoms with Gasteiger partial charge in [-0.15, -0.1) is 0 Å². The Morgan fingerprint density at radius 1 is 1.47 bits per heavy atom. The van der Waals surface area contributed by atoms with E-state index in [1.54, 1.807) is 0 Å². The Balaban J connectivity index is 2.34. The first kappa shape index (κ1) is 13.6. The lowest BCUT2D eigenvalue weighted by molar-refractivity contribution is 0.0547. The van der Waals surface area contributed by atoms with Crippen LogP contribution in [-0.2, 0) is 0 Å². The summed E-state index contributed by atoms with van der Waals surface area (Å²) in [5.41, 5.74) is 1.64. The highest BCUT2D eigenvalue weighted by Crippen LogP contribution is 2.55. The molecular formula is C15H24S2. The molecule has 2 aliphatic carbocycles. The molecule has 0 aliphatic heterocycles. The molecule has 2 fully saturated rings. The lowest BCUT2D eigenvalue weighted by Gasteiger charge is -2.54. The number of thiol groups is 1. The molecule has 2 saturated carbocycles. The molecule has 0 N–H and O–H groups in total. The predicted molar refractivity (Wildman–Crippen MR) is 82.9 cm³/mol. The molecule has 2 rings (SSSR count). The number of fused-ring (bicyclic) bond motifs is 1. The van der Waals surface area contributed by atoms with Gasteiger partial charge in [-0.1, -0.05) is 51.1 Å². The van der Waals surface area contributed by atoms with E-state index in [1.807, 2.05) is 0 Å². The van der Waals surface area contributed by atoms with E-state index in [9.17, 15) is 0 Å². The molecule has 0 nitrogen and oxygen atoms in total. The lowest BCUT2D eigenvalue weighted by atomic mass is 9.53. The van der Waals surface area contributed by atoms with Gasteiger partial charge in [0.2, 0.25) is 0 Å². The van der Waals surface area contributed by atoms with Crippen molar-refractivity contribution in [2.75, 3.05) is 0 Å². The summed E-state index contributed by atoms with van der Waals surface area (Å²) < 4.78 is 0. The number of rotatable bonds is 1. The molecule has 5 unspecified atom stereocenters. The highest BCUT2D eigenvalue weighted by Gasteiger charge is 2.50. The summed E-state index contributed by atoms with van der Waals surface area (Å²) in [7, 11) is 0. The summed E-state index contributed by atoms with van der Waals surface area (Å²) in [6, 6.07) is 0. The lowest BCUT2D eigenvalue weighted by Crippen LogP contribution is -2.51. The Kier molecular flexibility index (Phi) is 3.76. The number of hydrogen-bond donors (Lipinski definition) is 1. The van der Waals surface area contributed by atoms with Crippen molar-refractivity contribution in [3.8, 4) is 0 Å². The van der Waals surface area contributed by atoms with Crippen LogP contribution in [0.5, 0.6) is 0 Å². The van der Waals surface area contributed by atoms with Gasteiger partial charge in [-0.3, -0.25) is 0 Å². The monoisotopic (exact) mass is 268 g/mol. The maximum Gasteiger partial charge on any atom is 0.0399 e. The minimum Gasteiger partial charge on any atom is -0.170 e. The van der Waals surface area contributed by atoms with Crippen LogP contribution in [0.1, 0.15) is 46.5 Å². The van der Waals surface area contributed by atoms with Crippen LogP contribution in [-0.4, -0.2) is 10.1 Å². The van der Waals surface area contributed by atoms with Gasteiger partial charge in [0.25, 0.3) is 0 Å². The van der Waals surface area contributed by atoms with Crippen LogP contribution in [0, 0.1) is 23.2 Å². The highest BCUT2D eigenvalue weighted by molar-refractivity contribution is 7.86. The second-order valence-corrected chi connectivity index (χ2v) is 7.42. The van der Waals surface area contributed by atoms with E-state index in [1.165, 1.54) is 36.1 Å². The molecule has 0 amide bonds. The first-order chi connectivity index (χ1) is 7.88. The van der Waals surface area contributed by atoms with Crippen LogP contribution >= 0.6 is 24.8 Å². The molecular weight excluding hydrogens is 244 g/mol. The predicted octanol–water partition coefficient (Wildman–Crippen LogP) is 4.69. The molecule has 0 radical (unpaired) electrons. The number of hydrogen-bond acceptors (Lipinski definition) is 2. The van der Waals surface area contributed by atoms with Crippen molar-refractivity contribution in [2.45, 2.75) is 51.7 Å². The van der Waals surface area contributed by atoms with E-state index in [0.717, 1.165) is 5.92 Å². The van der Waals surface area contributed by atoms with E-state index in [4.69, 9.17) is 24.8 Å². The van der Waals surface area contributed by atoms with E-state index in [2.05, 4.69) is 27.4 Å².